The maximum Gasteiger partial charge on any atom is 0.240 e. The summed E-state index contributed by atoms with van der Waals surface area (Å²) in [5.74, 6) is 0.184. The van der Waals surface area contributed by atoms with E-state index in [0.29, 0.717) is 24.4 Å². The van der Waals surface area contributed by atoms with Crippen LogP contribution in [0.25, 0.3) is 0 Å². The van der Waals surface area contributed by atoms with Crippen molar-refractivity contribution in [1.82, 2.24) is 15.2 Å². The van der Waals surface area contributed by atoms with E-state index in [4.69, 9.17) is 0 Å². The molecule has 0 spiro atoms. The van der Waals surface area contributed by atoms with Crippen molar-refractivity contribution >= 4 is 29.3 Å². The summed E-state index contributed by atoms with van der Waals surface area (Å²) in [7, 11) is 0. The zero-order valence-electron chi connectivity index (χ0n) is 15.6. The molecule has 2 amide bonds. The van der Waals surface area contributed by atoms with Crippen LogP contribution >= 0.6 is 11.8 Å². The maximum absolute atomic E-state index is 12.3. The average molecular weight is 377 g/mol. The van der Waals surface area contributed by atoms with Crippen LogP contribution in [0.2, 0.25) is 0 Å². The van der Waals surface area contributed by atoms with Gasteiger partial charge in [0, 0.05) is 31.4 Å². The lowest BCUT2D eigenvalue weighted by Crippen LogP contribution is -2.46. The highest BCUT2D eigenvalue weighted by Crippen LogP contribution is 2.32. The number of amides is 2. The Hall–Kier alpha value is -1.60. The zero-order valence-corrected chi connectivity index (χ0v) is 16.4. The first kappa shape index (κ1) is 19.2. The Morgan fingerprint density at radius 3 is 2.88 bits per heavy atom. The molecule has 3 heterocycles. The zero-order chi connectivity index (χ0) is 18.5. The van der Waals surface area contributed by atoms with Gasteiger partial charge in [-0.05, 0) is 45.2 Å². The number of hydrogen-bond acceptors (Lipinski definition) is 5. The van der Waals surface area contributed by atoms with Gasteiger partial charge in [-0.2, -0.15) is 0 Å². The van der Waals surface area contributed by atoms with E-state index < -0.39 is 0 Å². The number of nitrogens with zero attached hydrogens (tertiary/aromatic N) is 3. The van der Waals surface area contributed by atoms with Crippen LogP contribution in [0, 0.1) is 0 Å². The standard InChI is InChI=1S/C19H28N4O2S/c1-14-6-3-7-15(2)22(14)11-5-10-20-17(24)12-23-16-8-4-9-21-19(16)26-13-18(23)25/h4,8-9,14-15H,3,5-7,10-13H2,1-2H3,(H,20,24). The summed E-state index contributed by atoms with van der Waals surface area (Å²) in [5.41, 5.74) is 0.736. The molecule has 0 radical (unpaired) electrons. The Labute approximate surface area is 159 Å². The van der Waals surface area contributed by atoms with Crippen LogP contribution in [0.15, 0.2) is 23.4 Å². The predicted octanol–water partition coefficient (Wildman–Crippen LogP) is 2.29. The second-order valence-electron chi connectivity index (χ2n) is 7.17. The van der Waals surface area contributed by atoms with Gasteiger partial charge in [0.15, 0.2) is 0 Å². The van der Waals surface area contributed by atoms with Crippen LogP contribution in [0.5, 0.6) is 0 Å². The summed E-state index contributed by atoms with van der Waals surface area (Å²) in [6.07, 6.45) is 6.48. The molecule has 2 atom stereocenters. The fraction of sp³-hybridized carbons (Fsp3) is 0.632. The van der Waals surface area contributed by atoms with Crippen LogP contribution in [-0.4, -0.2) is 59.2 Å². The highest BCUT2D eigenvalue weighted by Gasteiger charge is 2.27. The molecule has 1 fully saturated rings. The number of pyridine rings is 1. The van der Waals surface area contributed by atoms with Crippen LogP contribution in [0.3, 0.4) is 0 Å². The molecule has 142 valence electrons. The van der Waals surface area contributed by atoms with Crippen LogP contribution < -0.4 is 10.2 Å². The molecule has 0 aromatic carbocycles. The molecule has 0 bridgehead atoms. The first-order valence-electron chi connectivity index (χ1n) is 9.47. The van der Waals surface area contributed by atoms with Gasteiger partial charge in [0.1, 0.15) is 11.6 Å². The van der Waals surface area contributed by atoms with Crippen molar-refractivity contribution < 1.29 is 9.59 Å². The molecule has 1 N–H and O–H groups in total. The van der Waals surface area contributed by atoms with Gasteiger partial charge in [-0.15, -0.1) is 0 Å². The maximum atomic E-state index is 12.3. The molecule has 26 heavy (non-hydrogen) atoms. The minimum Gasteiger partial charge on any atom is -0.355 e. The number of piperidine rings is 1. The highest BCUT2D eigenvalue weighted by atomic mass is 32.2. The Morgan fingerprint density at radius 1 is 1.35 bits per heavy atom. The molecular formula is C19H28N4O2S. The SMILES string of the molecule is CC1CCCC(C)N1CCCNC(=O)CN1C(=O)CSc2ncccc21. The van der Waals surface area contributed by atoms with Gasteiger partial charge in [0.05, 0.1) is 11.4 Å². The molecule has 1 saturated heterocycles. The molecule has 1 aromatic heterocycles. The quantitative estimate of drug-likeness (QED) is 0.772. The van der Waals surface area contributed by atoms with Gasteiger partial charge in [-0.3, -0.25) is 19.4 Å². The smallest absolute Gasteiger partial charge is 0.240 e. The van der Waals surface area contributed by atoms with Crippen molar-refractivity contribution in [3.8, 4) is 0 Å². The number of nitrogens with one attached hydrogen (secondary N) is 1. The Morgan fingerprint density at radius 2 is 2.12 bits per heavy atom. The summed E-state index contributed by atoms with van der Waals surface area (Å²) in [4.78, 5) is 32.9. The van der Waals surface area contributed by atoms with Gasteiger partial charge in [0.2, 0.25) is 11.8 Å². The fourth-order valence-electron chi connectivity index (χ4n) is 3.82. The van der Waals surface area contributed by atoms with Crippen molar-refractivity contribution in [2.24, 2.45) is 0 Å². The Balaban J connectivity index is 1.45. The van der Waals surface area contributed by atoms with Crippen molar-refractivity contribution in [2.75, 3.05) is 30.3 Å². The van der Waals surface area contributed by atoms with E-state index in [-0.39, 0.29) is 18.4 Å². The number of aromatic nitrogens is 1. The summed E-state index contributed by atoms with van der Waals surface area (Å²) in [6.45, 7) is 6.30. The Bertz CT molecular complexity index is 644. The third-order valence-corrected chi connectivity index (χ3v) is 6.25. The van der Waals surface area contributed by atoms with Crippen molar-refractivity contribution in [1.29, 1.82) is 0 Å². The predicted molar refractivity (Wildman–Crippen MR) is 104 cm³/mol. The number of thioether (sulfide) groups is 1. The highest BCUT2D eigenvalue weighted by molar-refractivity contribution is 8.00. The third kappa shape index (κ3) is 4.57. The number of carbonyl (C=O) groups is 2. The molecule has 2 unspecified atom stereocenters. The number of fused-ring (bicyclic) bond motifs is 1. The molecule has 7 heteroatoms. The van der Waals surface area contributed by atoms with E-state index in [1.807, 2.05) is 6.07 Å². The lowest BCUT2D eigenvalue weighted by Gasteiger charge is -2.39. The molecule has 2 aliphatic heterocycles. The first-order chi connectivity index (χ1) is 12.6. The lowest BCUT2D eigenvalue weighted by atomic mass is 9.97. The minimum atomic E-state index is -0.111. The van der Waals surface area contributed by atoms with Crippen LogP contribution in [-0.2, 0) is 9.59 Å². The van der Waals surface area contributed by atoms with E-state index in [9.17, 15) is 9.59 Å². The fourth-order valence-corrected chi connectivity index (χ4v) is 4.70. The summed E-state index contributed by atoms with van der Waals surface area (Å²) in [6, 6.07) is 4.90. The van der Waals surface area contributed by atoms with E-state index in [0.717, 1.165) is 23.7 Å². The first-order valence-corrected chi connectivity index (χ1v) is 10.5. The molecule has 1 aromatic rings. The van der Waals surface area contributed by atoms with Gasteiger partial charge >= 0.3 is 0 Å². The summed E-state index contributed by atoms with van der Waals surface area (Å²) >= 11 is 1.43. The number of anilines is 1. The molecule has 2 aliphatic rings. The largest absolute Gasteiger partial charge is 0.355 e. The minimum absolute atomic E-state index is 0.0402. The van der Waals surface area contributed by atoms with Crippen LogP contribution in [0.4, 0.5) is 5.69 Å². The average Bonchev–Trinajstić information content (AvgIpc) is 2.63. The van der Waals surface area contributed by atoms with E-state index in [1.54, 1.807) is 17.2 Å². The molecule has 3 rings (SSSR count). The molecule has 0 aliphatic carbocycles. The van der Waals surface area contributed by atoms with E-state index >= 15 is 0 Å². The van der Waals surface area contributed by atoms with Gasteiger partial charge in [-0.1, -0.05) is 18.2 Å². The normalized spacial score (nSPS) is 23.6. The van der Waals surface area contributed by atoms with Crippen LogP contribution in [0.1, 0.15) is 39.5 Å². The summed E-state index contributed by atoms with van der Waals surface area (Å²) < 4.78 is 0. The number of rotatable bonds is 6. The molecule has 0 saturated carbocycles. The van der Waals surface area contributed by atoms with Crippen molar-refractivity contribution in [3.05, 3.63) is 18.3 Å². The van der Waals surface area contributed by atoms with E-state index in [1.165, 1.54) is 31.0 Å². The molecular weight excluding hydrogens is 348 g/mol. The lowest BCUT2D eigenvalue weighted by molar-refractivity contribution is -0.123. The Kier molecular flexibility index (Phi) is 6.53. The van der Waals surface area contributed by atoms with E-state index in [2.05, 4.69) is 29.0 Å². The third-order valence-electron chi connectivity index (χ3n) is 5.27. The van der Waals surface area contributed by atoms with Crippen molar-refractivity contribution in [2.45, 2.75) is 56.6 Å². The number of hydrogen-bond donors (Lipinski definition) is 1. The summed E-state index contributed by atoms with van der Waals surface area (Å²) in [5, 5.41) is 3.78. The second kappa shape index (κ2) is 8.86. The molecule has 6 nitrogen and oxygen atoms in total. The number of likely N-dealkylation sites (tertiary alicyclic amines) is 1. The monoisotopic (exact) mass is 376 g/mol. The second-order valence-corrected chi connectivity index (χ2v) is 8.13. The van der Waals surface area contributed by atoms with Crippen molar-refractivity contribution in [3.63, 3.8) is 0 Å². The van der Waals surface area contributed by atoms with Gasteiger partial charge in [-0.25, -0.2) is 4.98 Å². The number of carbonyl (C=O) groups excluding carboxylic acids is 2. The van der Waals surface area contributed by atoms with Gasteiger partial charge < -0.3 is 5.32 Å². The topological polar surface area (TPSA) is 65.5 Å². The van der Waals surface area contributed by atoms with Gasteiger partial charge in [0.25, 0.3) is 0 Å².